The van der Waals surface area contributed by atoms with Gasteiger partial charge in [0.1, 0.15) is 6.54 Å². The van der Waals surface area contributed by atoms with Gasteiger partial charge in [-0.25, -0.2) is 0 Å². The monoisotopic (exact) mass is 711 g/mol. The minimum atomic E-state index is -0.577. The summed E-state index contributed by atoms with van der Waals surface area (Å²) in [5.41, 5.74) is 9.18. The van der Waals surface area contributed by atoms with Gasteiger partial charge in [0, 0.05) is 53.0 Å². The third kappa shape index (κ3) is 6.61. The van der Waals surface area contributed by atoms with Crippen LogP contribution in [0, 0.1) is 22.7 Å². The van der Waals surface area contributed by atoms with E-state index in [0.717, 1.165) is 49.2 Å². The summed E-state index contributed by atoms with van der Waals surface area (Å²) in [5, 5.41) is 22.6. The number of aryl methyl sites for hydroxylation is 1. The highest BCUT2D eigenvalue weighted by Gasteiger charge is 2.51. The minimum Gasteiger partial charge on any atom is -0.347 e. The molecule has 0 spiro atoms. The Bertz CT molecular complexity index is 2370. The lowest BCUT2D eigenvalue weighted by atomic mass is 9.68. The van der Waals surface area contributed by atoms with Crippen molar-refractivity contribution in [1.29, 1.82) is 10.5 Å². The first kappa shape index (κ1) is 35.7. The second-order valence-electron chi connectivity index (χ2n) is 14.5. The quantitative estimate of drug-likeness (QED) is 0.101. The van der Waals surface area contributed by atoms with E-state index in [1.807, 2.05) is 43.5 Å². The maximum Gasteiger partial charge on any atom is 0.210 e. The lowest BCUT2D eigenvalue weighted by Crippen LogP contribution is -2.38. The summed E-state index contributed by atoms with van der Waals surface area (Å²) in [5.74, 6) is 0. The Kier molecular flexibility index (Phi) is 10.2. The average Bonchev–Trinajstić information content (AvgIpc) is 3.56. The number of benzene rings is 5. The molecule has 2 atom stereocenters. The van der Waals surface area contributed by atoms with E-state index >= 15 is 0 Å². The van der Waals surface area contributed by atoms with Crippen molar-refractivity contribution in [3.05, 3.63) is 178 Å². The normalized spacial score (nSPS) is 20.2. The third-order valence-corrected chi connectivity index (χ3v) is 11.4. The van der Waals surface area contributed by atoms with Crippen LogP contribution in [-0.4, -0.2) is 23.9 Å². The molecule has 2 unspecified atom stereocenters. The largest absolute Gasteiger partial charge is 0.347 e. The predicted octanol–water partition coefficient (Wildman–Crippen LogP) is 11.2. The number of rotatable bonds is 11. The molecule has 4 nitrogen and oxygen atoms in total. The van der Waals surface area contributed by atoms with E-state index in [1.165, 1.54) is 38.9 Å². The Labute approximate surface area is 318 Å². The molecule has 0 bridgehead atoms. The van der Waals surface area contributed by atoms with Crippen LogP contribution >= 0.6 is 11.6 Å². The molecular formula is C48H44ClN4+. The fourth-order valence-electron chi connectivity index (χ4n) is 8.68. The number of likely N-dealkylation sites (N-methyl/N-ethyl adjacent to an activating group) is 1. The summed E-state index contributed by atoms with van der Waals surface area (Å²) < 4.78 is 2.53. The number of halogens is 1. The van der Waals surface area contributed by atoms with Crippen LogP contribution in [0.5, 0.6) is 0 Å². The van der Waals surface area contributed by atoms with Gasteiger partial charge in [-0.2, -0.15) is 15.1 Å². The van der Waals surface area contributed by atoms with E-state index in [4.69, 9.17) is 11.6 Å². The highest BCUT2D eigenvalue weighted by molar-refractivity contribution is 6.31. The Morgan fingerprint density at radius 2 is 1.60 bits per heavy atom. The maximum atomic E-state index is 9.89. The van der Waals surface area contributed by atoms with Gasteiger partial charge in [0.15, 0.2) is 5.71 Å². The number of nitrogens with zero attached hydrogens (tertiary/aromatic N) is 4. The Morgan fingerprint density at radius 1 is 0.887 bits per heavy atom. The van der Waals surface area contributed by atoms with Crippen LogP contribution in [0.4, 0.5) is 11.4 Å². The molecule has 0 amide bonds. The van der Waals surface area contributed by atoms with E-state index in [0.29, 0.717) is 10.6 Å². The molecule has 5 heteroatoms. The molecule has 0 fully saturated rings. The predicted molar refractivity (Wildman–Crippen MR) is 219 cm³/mol. The van der Waals surface area contributed by atoms with Crippen molar-refractivity contribution in [2.75, 3.05) is 18.5 Å². The number of nitriles is 2. The van der Waals surface area contributed by atoms with Gasteiger partial charge in [0.25, 0.3) is 0 Å². The van der Waals surface area contributed by atoms with Crippen molar-refractivity contribution in [2.45, 2.75) is 56.8 Å². The Balaban J connectivity index is 1.37. The van der Waals surface area contributed by atoms with Crippen molar-refractivity contribution >= 4 is 39.5 Å². The summed E-state index contributed by atoms with van der Waals surface area (Å²) in [7, 11) is 2.01. The van der Waals surface area contributed by atoms with E-state index in [-0.39, 0.29) is 11.8 Å². The summed E-state index contributed by atoms with van der Waals surface area (Å²) in [6.07, 6.45) is 12.3. The standard InChI is InChI=1S/C48H44ClN4/c1-4-31-53-43-24-20-38-17-11-12-18-40(38)46(43)48(33-36-15-9-6-10-16-36,28-27-35-13-7-5-8-14-35)45(53)26-22-39(49)21-25-44-47(2,29-30-50)41-32-37(34-51)19-23-42(41)52(44)3/h5-26,32H,4,27-29,31,33H2,1-3H3/q+1. The van der Waals surface area contributed by atoms with Crippen LogP contribution in [0.15, 0.2) is 150 Å². The zero-order valence-electron chi connectivity index (χ0n) is 30.7. The van der Waals surface area contributed by atoms with Crippen LogP contribution in [0.3, 0.4) is 0 Å². The van der Waals surface area contributed by atoms with Crippen molar-refractivity contribution in [3.8, 4) is 12.1 Å². The molecule has 2 heterocycles. The lowest BCUT2D eigenvalue weighted by Gasteiger charge is -2.29. The maximum absolute atomic E-state index is 9.89. The van der Waals surface area contributed by atoms with Crippen molar-refractivity contribution in [3.63, 3.8) is 0 Å². The van der Waals surface area contributed by atoms with Crippen LogP contribution in [0.1, 0.15) is 60.9 Å². The molecule has 2 aliphatic heterocycles. The molecule has 0 aromatic heterocycles. The zero-order valence-corrected chi connectivity index (χ0v) is 31.4. The van der Waals surface area contributed by atoms with Gasteiger partial charge in [-0.1, -0.05) is 103 Å². The van der Waals surface area contributed by atoms with E-state index in [1.54, 1.807) is 0 Å². The summed E-state index contributed by atoms with van der Waals surface area (Å²) in [6, 6.07) is 45.5. The average molecular weight is 712 g/mol. The third-order valence-electron chi connectivity index (χ3n) is 11.2. The Hall–Kier alpha value is -5.68. The Morgan fingerprint density at radius 3 is 2.32 bits per heavy atom. The second-order valence-corrected chi connectivity index (χ2v) is 14.9. The molecule has 5 aromatic carbocycles. The van der Waals surface area contributed by atoms with Gasteiger partial charge in [-0.15, -0.1) is 0 Å². The molecule has 0 N–H and O–H groups in total. The van der Waals surface area contributed by atoms with E-state index in [9.17, 15) is 10.5 Å². The van der Waals surface area contributed by atoms with Crippen LogP contribution in [0.2, 0.25) is 0 Å². The van der Waals surface area contributed by atoms with Crippen LogP contribution in [-0.2, 0) is 23.7 Å². The topological polar surface area (TPSA) is 53.8 Å². The molecule has 0 radical (unpaired) electrons. The summed E-state index contributed by atoms with van der Waals surface area (Å²) in [4.78, 5) is 2.11. The van der Waals surface area contributed by atoms with Gasteiger partial charge >= 0.3 is 0 Å². The fraction of sp³-hybridized carbons (Fsp3) is 0.229. The van der Waals surface area contributed by atoms with Gasteiger partial charge < -0.3 is 4.90 Å². The molecule has 0 saturated carbocycles. The molecule has 262 valence electrons. The number of hydrogen-bond acceptors (Lipinski definition) is 3. The number of anilines is 1. The highest BCUT2D eigenvalue weighted by atomic mass is 35.5. The second kappa shape index (κ2) is 15.1. The lowest BCUT2D eigenvalue weighted by molar-refractivity contribution is -0.437. The zero-order chi connectivity index (χ0) is 37.0. The van der Waals surface area contributed by atoms with Crippen molar-refractivity contribution in [1.82, 2.24) is 0 Å². The van der Waals surface area contributed by atoms with Gasteiger partial charge in [-0.05, 0) is 96.1 Å². The minimum absolute atomic E-state index is 0.284. The summed E-state index contributed by atoms with van der Waals surface area (Å²) in [6.45, 7) is 5.21. The first-order chi connectivity index (χ1) is 25.8. The van der Waals surface area contributed by atoms with Crippen molar-refractivity contribution < 1.29 is 4.58 Å². The van der Waals surface area contributed by atoms with Gasteiger partial charge in [-0.3, -0.25) is 0 Å². The molecular weight excluding hydrogens is 668 g/mol. The van der Waals surface area contributed by atoms with Crippen molar-refractivity contribution in [2.24, 2.45) is 0 Å². The molecule has 0 saturated heterocycles. The fourth-order valence-corrected chi connectivity index (χ4v) is 8.80. The molecule has 5 aromatic rings. The van der Waals surface area contributed by atoms with E-state index in [2.05, 4.69) is 139 Å². The SMILES string of the molecule is CCC[N+]1=C(C=CC(Cl)=CC=C2N(C)c3ccc(C#N)cc3C2(C)CC#N)C(CCc2ccccc2)(Cc2ccccc2)c2c1ccc1ccccc21. The molecule has 7 rings (SSSR count). The number of allylic oxidation sites excluding steroid dienone is 6. The van der Waals surface area contributed by atoms with Gasteiger partial charge in [0.2, 0.25) is 5.69 Å². The first-order valence-electron chi connectivity index (χ1n) is 18.5. The highest BCUT2D eigenvalue weighted by Crippen LogP contribution is 2.51. The van der Waals surface area contributed by atoms with Gasteiger partial charge in [0.05, 0.1) is 29.5 Å². The smallest absolute Gasteiger partial charge is 0.210 e. The molecule has 0 aliphatic carbocycles. The molecule has 53 heavy (non-hydrogen) atoms. The summed E-state index contributed by atoms with van der Waals surface area (Å²) >= 11 is 7.14. The van der Waals surface area contributed by atoms with Crippen LogP contribution in [0.25, 0.3) is 10.8 Å². The van der Waals surface area contributed by atoms with Crippen LogP contribution < -0.4 is 4.90 Å². The van der Waals surface area contributed by atoms with E-state index < -0.39 is 5.41 Å². The first-order valence-corrected chi connectivity index (χ1v) is 18.9. The number of hydrogen-bond donors (Lipinski definition) is 0. The molecule has 2 aliphatic rings. The number of fused-ring (bicyclic) bond motifs is 4.